The highest BCUT2D eigenvalue weighted by atomic mass is 16.5. The summed E-state index contributed by atoms with van der Waals surface area (Å²) in [7, 11) is 0. The molecule has 23 heavy (non-hydrogen) atoms. The Bertz CT molecular complexity index is 814. The molecule has 0 aliphatic rings. The number of nitrogens with zero attached hydrogens (tertiary/aromatic N) is 1. The molecule has 0 aromatic carbocycles. The van der Waals surface area contributed by atoms with Crippen LogP contribution in [0.1, 0.15) is 32.1 Å². The van der Waals surface area contributed by atoms with E-state index in [0.717, 1.165) is 11.4 Å². The van der Waals surface area contributed by atoms with Crippen LogP contribution in [0.5, 0.6) is 0 Å². The maximum atomic E-state index is 12.3. The number of allylic oxidation sites excluding steroid dienone is 1. The van der Waals surface area contributed by atoms with Gasteiger partial charge >= 0.3 is 5.97 Å². The topological polar surface area (TPSA) is 81.2 Å². The number of ether oxygens (including phenoxy) is 1. The molecule has 2 heterocycles. The molecule has 0 amide bonds. The Hall–Kier alpha value is -2.89. The average Bonchev–Trinajstić information content (AvgIpc) is 2.81. The molecule has 0 fully saturated rings. The highest BCUT2D eigenvalue weighted by Crippen LogP contribution is 2.16. The molecule has 0 unspecified atom stereocenters. The van der Waals surface area contributed by atoms with Gasteiger partial charge in [-0.2, -0.15) is 0 Å². The number of hydrogen-bond donors (Lipinski definition) is 1. The molecule has 0 atom stereocenters. The highest BCUT2D eigenvalue weighted by molar-refractivity contribution is 6.00. The van der Waals surface area contributed by atoms with E-state index < -0.39 is 18.1 Å². The molecular formula is C17H18N2O4. The molecule has 0 aliphatic carbocycles. The van der Waals surface area contributed by atoms with Gasteiger partial charge in [-0.25, -0.2) is 4.79 Å². The van der Waals surface area contributed by atoms with Gasteiger partial charge in [0.15, 0.2) is 6.61 Å². The molecule has 0 bridgehead atoms. The van der Waals surface area contributed by atoms with Crippen molar-refractivity contribution < 1.29 is 14.3 Å². The summed E-state index contributed by atoms with van der Waals surface area (Å²) in [6, 6.07) is 4.62. The van der Waals surface area contributed by atoms with Gasteiger partial charge in [0.05, 0.1) is 0 Å². The maximum absolute atomic E-state index is 12.3. The molecule has 1 N–H and O–H groups in total. The molecule has 0 saturated heterocycles. The smallest absolute Gasteiger partial charge is 0.344 e. The lowest BCUT2D eigenvalue weighted by molar-refractivity contribution is 0.0472. The van der Waals surface area contributed by atoms with Gasteiger partial charge in [-0.3, -0.25) is 9.59 Å². The lowest BCUT2D eigenvalue weighted by atomic mass is 10.1. The quantitative estimate of drug-likeness (QED) is 0.502. The summed E-state index contributed by atoms with van der Waals surface area (Å²) < 4.78 is 6.90. The lowest BCUT2D eigenvalue weighted by Gasteiger charge is -2.06. The second-order valence-corrected chi connectivity index (χ2v) is 5.10. The van der Waals surface area contributed by atoms with Gasteiger partial charge < -0.3 is 14.3 Å². The van der Waals surface area contributed by atoms with Crippen LogP contribution in [0, 0.1) is 13.8 Å². The molecule has 120 valence electrons. The number of aromatic nitrogens is 2. The Labute approximate surface area is 133 Å². The molecule has 0 radical (unpaired) electrons. The van der Waals surface area contributed by atoms with Gasteiger partial charge in [0.1, 0.15) is 5.56 Å². The van der Waals surface area contributed by atoms with E-state index in [9.17, 15) is 14.4 Å². The van der Waals surface area contributed by atoms with Crippen molar-refractivity contribution in [2.45, 2.75) is 20.4 Å². The van der Waals surface area contributed by atoms with E-state index in [1.54, 1.807) is 12.1 Å². The van der Waals surface area contributed by atoms with Gasteiger partial charge in [0.2, 0.25) is 5.78 Å². The van der Waals surface area contributed by atoms with Crippen LogP contribution >= 0.6 is 0 Å². The highest BCUT2D eigenvalue weighted by Gasteiger charge is 2.18. The lowest BCUT2D eigenvalue weighted by Crippen LogP contribution is -2.21. The summed E-state index contributed by atoms with van der Waals surface area (Å²) in [5, 5.41) is 0. The zero-order valence-corrected chi connectivity index (χ0v) is 13.1. The Kier molecular flexibility index (Phi) is 4.95. The van der Waals surface area contributed by atoms with E-state index in [2.05, 4.69) is 11.6 Å². The Morgan fingerprint density at radius 2 is 2.09 bits per heavy atom. The molecule has 2 aromatic rings. The minimum absolute atomic E-state index is 0.127. The summed E-state index contributed by atoms with van der Waals surface area (Å²) in [5.74, 6) is -1.13. The molecule has 0 saturated carbocycles. The minimum atomic E-state index is -0.819. The zero-order valence-electron chi connectivity index (χ0n) is 13.1. The zero-order chi connectivity index (χ0) is 17.0. The SMILES string of the molecule is C=CCn1c(C)cc(C(=O)COC(=O)c2ccc[nH]c2=O)c1C. The van der Waals surface area contributed by atoms with E-state index in [1.807, 2.05) is 18.4 Å². The van der Waals surface area contributed by atoms with Crippen LogP contribution in [-0.2, 0) is 11.3 Å². The van der Waals surface area contributed by atoms with Crippen molar-refractivity contribution >= 4 is 11.8 Å². The van der Waals surface area contributed by atoms with Gasteiger partial charge in [-0.05, 0) is 32.0 Å². The number of hydrogen-bond acceptors (Lipinski definition) is 4. The van der Waals surface area contributed by atoms with Crippen LogP contribution in [0.25, 0.3) is 0 Å². The molecule has 6 nitrogen and oxygen atoms in total. The molecular weight excluding hydrogens is 296 g/mol. The number of pyridine rings is 1. The third-order valence-corrected chi connectivity index (χ3v) is 3.56. The standard InChI is InChI=1S/C17H18N2O4/c1-4-8-19-11(2)9-14(12(19)3)15(20)10-23-17(22)13-6-5-7-18-16(13)21/h4-7,9H,1,8,10H2,2-3H3,(H,18,21). The maximum Gasteiger partial charge on any atom is 0.344 e. The van der Waals surface area contributed by atoms with E-state index >= 15 is 0 Å². The second-order valence-electron chi connectivity index (χ2n) is 5.10. The number of Topliss-reactive ketones (excluding diaryl/α,β-unsaturated/α-hetero) is 1. The fraction of sp³-hybridized carbons (Fsp3) is 0.235. The molecule has 2 rings (SSSR count). The van der Waals surface area contributed by atoms with Gasteiger partial charge in [-0.15, -0.1) is 6.58 Å². The third-order valence-electron chi connectivity index (χ3n) is 3.56. The first-order valence-corrected chi connectivity index (χ1v) is 7.11. The number of nitrogens with one attached hydrogen (secondary N) is 1. The van der Waals surface area contributed by atoms with E-state index in [0.29, 0.717) is 12.1 Å². The predicted molar refractivity (Wildman–Crippen MR) is 85.8 cm³/mol. The van der Waals surface area contributed by atoms with Crippen molar-refractivity contribution in [2.24, 2.45) is 0 Å². The average molecular weight is 314 g/mol. The number of aromatic amines is 1. The first-order valence-electron chi connectivity index (χ1n) is 7.11. The Morgan fingerprint density at radius 3 is 2.74 bits per heavy atom. The van der Waals surface area contributed by atoms with Crippen molar-refractivity contribution in [3.8, 4) is 0 Å². The first-order chi connectivity index (χ1) is 11.0. The monoisotopic (exact) mass is 314 g/mol. The summed E-state index contributed by atoms with van der Waals surface area (Å²) in [6.07, 6.45) is 3.16. The molecule has 0 aliphatic heterocycles. The van der Waals surface area contributed by atoms with Crippen LogP contribution < -0.4 is 5.56 Å². The van der Waals surface area contributed by atoms with Gasteiger partial charge in [0, 0.05) is 29.7 Å². The van der Waals surface area contributed by atoms with Crippen LogP contribution in [0.4, 0.5) is 0 Å². The fourth-order valence-corrected chi connectivity index (χ4v) is 2.36. The summed E-state index contributed by atoms with van der Waals surface area (Å²) in [6.45, 7) is 7.59. The Balaban J connectivity index is 2.10. The molecule has 6 heteroatoms. The summed E-state index contributed by atoms with van der Waals surface area (Å²) in [4.78, 5) is 38.0. The van der Waals surface area contributed by atoms with E-state index in [-0.39, 0.29) is 11.3 Å². The second kappa shape index (κ2) is 6.91. The number of carbonyl (C=O) groups excluding carboxylic acids is 2. The van der Waals surface area contributed by atoms with Crippen molar-refractivity contribution in [3.63, 3.8) is 0 Å². The van der Waals surface area contributed by atoms with Crippen molar-refractivity contribution in [2.75, 3.05) is 6.61 Å². The minimum Gasteiger partial charge on any atom is -0.454 e. The van der Waals surface area contributed by atoms with Crippen LogP contribution in [0.15, 0.2) is 41.8 Å². The van der Waals surface area contributed by atoms with Gasteiger partial charge in [-0.1, -0.05) is 6.08 Å². The van der Waals surface area contributed by atoms with Crippen LogP contribution in [-0.4, -0.2) is 27.9 Å². The Morgan fingerprint density at radius 1 is 1.35 bits per heavy atom. The molecule has 0 spiro atoms. The number of carbonyl (C=O) groups is 2. The van der Waals surface area contributed by atoms with E-state index in [4.69, 9.17) is 4.74 Å². The van der Waals surface area contributed by atoms with Gasteiger partial charge in [0.25, 0.3) is 5.56 Å². The van der Waals surface area contributed by atoms with Crippen molar-refractivity contribution in [3.05, 3.63) is 69.9 Å². The number of rotatable bonds is 6. The fourth-order valence-electron chi connectivity index (χ4n) is 2.36. The van der Waals surface area contributed by atoms with Crippen LogP contribution in [0.2, 0.25) is 0 Å². The van der Waals surface area contributed by atoms with Crippen molar-refractivity contribution in [1.29, 1.82) is 0 Å². The summed E-state index contributed by atoms with van der Waals surface area (Å²) in [5.41, 5.74) is 1.54. The number of H-pyrrole nitrogens is 1. The summed E-state index contributed by atoms with van der Waals surface area (Å²) >= 11 is 0. The largest absolute Gasteiger partial charge is 0.454 e. The van der Waals surface area contributed by atoms with E-state index in [1.165, 1.54) is 18.3 Å². The first kappa shape index (κ1) is 16.5. The van der Waals surface area contributed by atoms with Crippen molar-refractivity contribution in [1.82, 2.24) is 9.55 Å². The number of ketones is 1. The van der Waals surface area contributed by atoms with Crippen LogP contribution in [0.3, 0.4) is 0 Å². The normalized spacial score (nSPS) is 10.3. The predicted octanol–water partition coefficient (Wildman–Crippen LogP) is 2.02. The molecule has 2 aromatic heterocycles. The number of aryl methyl sites for hydroxylation is 1. The number of esters is 1. The third kappa shape index (κ3) is 3.48.